The Labute approximate surface area is 130 Å². The SMILES string of the molecule is CCCNCc1sccc1S(=O)(=O)N1CCSC(C)C1. The molecule has 0 saturated carbocycles. The molecule has 1 N–H and O–H groups in total. The van der Waals surface area contributed by atoms with Crippen LogP contribution in [-0.2, 0) is 16.6 Å². The van der Waals surface area contributed by atoms with Gasteiger partial charge in [0.15, 0.2) is 0 Å². The molecule has 0 radical (unpaired) electrons. The molecule has 0 aliphatic carbocycles. The van der Waals surface area contributed by atoms with Crippen molar-refractivity contribution in [2.75, 3.05) is 25.4 Å². The fourth-order valence-electron chi connectivity index (χ4n) is 2.21. The summed E-state index contributed by atoms with van der Waals surface area (Å²) in [6, 6.07) is 1.75. The van der Waals surface area contributed by atoms with E-state index in [4.69, 9.17) is 0 Å². The Balaban J connectivity index is 2.15. The van der Waals surface area contributed by atoms with Gasteiger partial charge in [-0.05, 0) is 24.4 Å². The van der Waals surface area contributed by atoms with Crippen LogP contribution in [0.4, 0.5) is 0 Å². The Morgan fingerprint density at radius 1 is 1.50 bits per heavy atom. The number of nitrogens with zero attached hydrogens (tertiary/aromatic N) is 1. The fraction of sp³-hybridized carbons (Fsp3) is 0.692. The highest BCUT2D eigenvalue weighted by Gasteiger charge is 2.31. The van der Waals surface area contributed by atoms with Gasteiger partial charge in [-0.2, -0.15) is 16.1 Å². The molecule has 0 spiro atoms. The van der Waals surface area contributed by atoms with Crippen molar-refractivity contribution in [2.24, 2.45) is 0 Å². The third-order valence-electron chi connectivity index (χ3n) is 3.24. The van der Waals surface area contributed by atoms with Crippen LogP contribution in [0.1, 0.15) is 25.1 Å². The molecule has 1 aromatic rings. The molecule has 1 saturated heterocycles. The molecule has 7 heteroatoms. The molecular formula is C13H22N2O2S3. The van der Waals surface area contributed by atoms with E-state index in [-0.39, 0.29) is 0 Å². The third kappa shape index (κ3) is 3.76. The van der Waals surface area contributed by atoms with Crippen LogP contribution >= 0.6 is 23.1 Å². The normalized spacial score (nSPS) is 21.2. The monoisotopic (exact) mass is 334 g/mol. The van der Waals surface area contributed by atoms with Gasteiger partial charge in [0.25, 0.3) is 0 Å². The van der Waals surface area contributed by atoms with Crippen molar-refractivity contribution in [2.45, 2.75) is 37.0 Å². The molecule has 0 bridgehead atoms. The molecule has 0 amide bonds. The molecular weight excluding hydrogens is 312 g/mol. The molecule has 0 aromatic carbocycles. The lowest BCUT2D eigenvalue weighted by Crippen LogP contribution is -2.41. The zero-order chi connectivity index (χ0) is 14.6. The maximum absolute atomic E-state index is 12.7. The number of thioether (sulfide) groups is 1. The standard InChI is InChI=1S/C13H22N2O2S3/c1-3-5-14-9-12-13(4-7-19-12)20(16,17)15-6-8-18-11(2)10-15/h4,7,11,14H,3,5-6,8-10H2,1-2H3. The van der Waals surface area contributed by atoms with Crippen molar-refractivity contribution in [3.8, 4) is 0 Å². The maximum atomic E-state index is 12.7. The minimum Gasteiger partial charge on any atom is -0.312 e. The Bertz CT molecular complexity index is 527. The van der Waals surface area contributed by atoms with Gasteiger partial charge in [-0.25, -0.2) is 8.42 Å². The number of sulfonamides is 1. The first-order chi connectivity index (χ1) is 9.55. The summed E-state index contributed by atoms with van der Waals surface area (Å²) < 4.78 is 27.1. The van der Waals surface area contributed by atoms with E-state index in [0.717, 1.165) is 23.6 Å². The lowest BCUT2D eigenvalue weighted by molar-refractivity contribution is 0.423. The molecule has 2 heterocycles. The Morgan fingerprint density at radius 3 is 3.00 bits per heavy atom. The second-order valence-corrected chi connectivity index (χ2v) is 9.38. The average molecular weight is 335 g/mol. The molecule has 20 heavy (non-hydrogen) atoms. The van der Waals surface area contributed by atoms with Gasteiger partial charge in [0.1, 0.15) is 0 Å². The zero-order valence-corrected chi connectivity index (χ0v) is 14.4. The Hall–Kier alpha value is -0.0800. The van der Waals surface area contributed by atoms with E-state index in [9.17, 15) is 8.42 Å². The molecule has 1 unspecified atom stereocenters. The highest BCUT2D eigenvalue weighted by Crippen LogP contribution is 2.28. The molecule has 1 aliphatic rings. The van der Waals surface area contributed by atoms with Crippen LogP contribution in [0.3, 0.4) is 0 Å². The number of hydrogen-bond donors (Lipinski definition) is 1. The topological polar surface area (TPSA) is 49.4 Å². The highest BCUT2D eigenvalue weighted by atomic mass is 32.2. The number of rotatable bonds is 6. The van der Waals surface area contributed by atoms with Gasteiger partial charge in [-0.1, -0.05) is 13.8 Å². The average Bonchev–Trinajstić information content (AvgIpc) is 2.88. The van der Waals surface area contributed by atoms with E-state index in [2.05, 4.69) is 19.2 Å². The van der Waals surface area contributed by atoms with Crippen molar-refractivity contribution >= 4 is 33.1 Å². The van der Waals surface area contributed by atoms with Gasteiger partial charge in [0.2, 0.25) is 10.0 Å². The number of hydrogen-bond acceptors (Lipinski definition) is 5. The Kier molecular flexibility index (Phi) is 5.92. The van der Waals surface area contributed by atoms with Crippen LogP contribution in [0.5, 0.6) is 0 Å². The third-order valence-corrected chi connectivity index (χ3v) is 7.37. The van der Waals surface area contributed by atoms with Crippen LogP contribution in [0.25, 0.3) is 0 Å². The fourth-order valence-corrected chi connectivity index (χ4v) is 6.35. The van der Waals surface area contributed by atoms with Crippen molar-refractivity contribution < 1.29 is 8.42 Å². The lowest BCUT2D eigenvalue weighted by Gasteiger charge is -2.29. The second kappa shape index (κ2) is 7.26. The van der Waals surface area contributed by atoms with Crippen molar-refractivity contribution in [3.63, 3.8) is 0 Å². The molecule has 1 fully saturated rings. The molecule has 114 valence electrons. The van der Waals surface area contributed by atoms with E-state index in [1.54, 1.807) is 10.4 Å². The summed E-state index contributed by atoms with van der Waals surface area (Å²) in [4.78, 5) is 1.41. The van der Waals surface area contributed by atoms with Gasteiger partial charge in [-0.15, -0.1) is 11.3 Å². The van der Waals surface area contributed by atoms with Gasteiger partial charge in [0.05, 0.1) is 4.90 Å². The van der Waals surface area contributed by atoms with Crippen molar-refractivity contribution in [1.82, 2.24) is 9.62 Å². The first kappa shape index (κ1) is 16.3. The minimum absolute atomic E-state index is 0.374. The van der Waals surface area contributed by atoms with E-state index in [1.807, 2.05) is 17.1 Å². The van der Waals surface area contributed by atoms with Gasteiger partial charge in [-0.3, -0.25) is 0 Å². The summed E-state index contributed by atoms with van der Waals surface area (Å²) in [5.74, 6) is 0.883. The predicted octanol–water partition coefficient (Wildman–Crippen LogP) is 2.37. The van der Waals surface area contributed by atoms with Gasteiger partial charge < -0.3 is 5.32 Å². The molecule has 1 atom stereocenters. The summed E-state index contributed by atoms with van der Waals surface area (Å²) >= 11 is 3.36. The van der Waals surface area contributed by atoms with E-state index >= 15 is 0 Å². The van der Waals surface area contributed by atoms with Crippen LogP contribution < -0.4 is 5.32 Å². The number of nitrogens with one attached hydrogen (secondary N) is 1. The predicted molar refractivity (Wildman–Crippen MR) is 87.0 cm³/mol. The summed E-state index contributed by atoms with van der Waals surface area (Å²) in [5, 5.41) is 5.53. The molecule has 4 nitrogen and oxygen atoms in total. The lowest BCUT2D eigenvalue weighted by atomic mass is 10.4. The Morgan fingerprint density at radius 2 is 2.30 bits per heavy atom. The van der Waals surface area contributed by atoms with E-state index < -0.39 is 10.0 Å². The van der Waals surface area contributed by atoms with E-state index in [0.29, 0.717) is 29.8 Å². The van der Waals surface area contributed by atoms with Crippen LogP contribution in [-0.4, -0.2) is 43.4 Å². The molecule has 1 aromatic heterocycles. The van der Waals surface area contributed by atoms with Crippen LogP contribution in [0.15, 0.2) is 16.3 Å². The molecule has 1 aliphatic heterocycles. The zero-order valence-electron chi connectivity index (χ0n) is 12.0. The first-order valence-corrected chi connectivity index (χ1v) is 10.3. The smallest absolute Gasteiger partial charge is 0.244 e. The summed E-state index contributed by atoms with van der Waals surface area (Å²) in [5.41, 5.74) is 0. The summed E-state index contributed by atoms with van der Waals surface area (Å²) in [7, 11) is -3.33. The molecule has 2 rings (SSSR count). The largest absolute Gasteiger partial charge is 0.312 e. The second-order valence-electron chi connectivity index (χ2n) is 4.93. The number of thiophene rings is 1. The summed E-state index contributed by atoms with van der Waals surface area (Å²) in [6.45, 7) is 6.97. The van der Waals surface area contributed by atoms with Crippen LogP contribution in [0.2, 0.25) is 0 Å². The summed E-state index contributed by atoms with van der Waals surface area (Å²) in [6.07, 6.45) is 1.05. The highest BCUT2D eigenvalue weighted by molar-refractivity contribution is 8.00. The van der Waals surface area contributed by atoms with Crippen molar-refractivity contribution in [1.29, 1.82) is 0 Å². The van der Waals surface area contributed by atoms with Crippen LogP contribution in [0, 0.1) is 0 Å². The first-order valence-electron chi connectivity index (χ1n) is 6.94. The maximum Gasteiger partial charge on any atom is 0.244 e. The van der Waals surface area contributed by atoms with Gasteiger partial charge >= 0.3 is 0 Å². The van der Waals surface area contributed by atoms with E-state index in [1.165, 1.54) is 11.3 Å². The van der Waals surface area contributed by atoms with Gasteiger partial charge in [0, 0.05) is 35.5 Å². The van der Waals surface area contributed by atoms with Crippen molar-refractivity contribution in [3.05, 3.63) is 16.3 Å². The quantitative estimate of drug-likeness (QED) is 0.812. The minimum atomic E-state index is -3.33.